The summed E-state index contributed by atoms with van der Waals surface area (Å²) in [6.45, 7) is 3.19. The van der Waals surface area contributed by atoms with E-state index in [4.69, 9.17) is 5.73 Å². The van der Waals surface area contributed by atoms with Crippen molar-refractivity contribution in [2.75, 3.05) is 31.9 Å². The third-order valence-corrected chi connectivity index (χ3v) is 5.91. The first kappa shape index (κ1) is 12.9. The number of aromatic nitrogens is 2. The number of anilines is 1. The summed E-state index contributed by atoms with van der Waals surface area (Å²) in [6.07, 6.45) is 4.40. The minimum atomic E-state index is -3.52. The van der Waals surface area contributed by atoms with Gasteiger partial charge in [0.05, 0.1) is 6.20 Å². The van der Waals surface area contributed by atoms with Crippen LogP contribution in [-0.4, -0.2) is 60.0 Å². The van der Waals surface area contributed by atoms with E-state index in [1.54, 1.807) is 4.31 Å². The number of sulfonamides is 1. The van der Waals surface area contributed by atoms with E-state index >= 15 is 0 Å². The molecule has 1 unspecified atom stereocenters. The van der Waals surface area contributed by atoms with Gasteiger partial charge in [-0.25, -0.2) is 8.42 Å². The Morgan fingerprint density at radius 2 is 2.11 bits per heavy atom. The van der Waals surface area contributed by atoms with Gasteiger partial charge in [0.2, 0.25) is 10.0 Å². The third kappa shape index (κ3) is 2.24. The molecule has 3 rings (SSSR count). The molecule has 2 aliphatic heterocycles. The molecule has 106 valence electrons. The molecule has 2 saturated heterocycles. The molecule has 0 aromatic carbocycles. The molecule has 0 radical (unpaired) electrons. The summed E-state index contributed by atoms with van der Waals surface area (Å²) in [5.74, 6) is 0.118. The van der Waals surface area contributed by atoms with Crippen molar-refractivity contribution in [3.05, 3.63) is 6.20 Å². The molecule has 1 aromatic heterocycles. The Hall–Kier alpha value is -1.12. The van der Waals surface area contributed by atoms with Gasteiger partial charge >= 0.3 is 0 Å². The molecule has 2 aliphatic rings. The molecule has 19 heavy (non-hydrogen) atoms. The Balaban J connectivity index is 1.87. The number of nitrogens with one attached hydrogen (secondary N) is 1. The normalized spacial score (nSPS) is 26.2. The van der Waals surface area contributed by atoms with Gasteiger partial charge in [0.25, 0.3) is 0 Å². The molecule has 0 bridgehead atoms. The quantitative estimate of drug-likeness (QED) is 0.788. The second-order valence-corrected chi connectivity index (χ2v) is 7.10. The monoisotopic (exact) mass is 285 g/mol. The van der Waals surface area contributed by atoms with Crippen molar-refractivity contribution in [1.29, 1.82) is 0 Å². The van der Waals surface area contributed by atoms with Crippen LogP contribution in [0, 0.1) is 0 Å². The van der Waals surface area contributed by atoms with Crippen molar-refractivity contribution in [2.45, 2.75) is 30.2 Å². The number of fused-ring (bicyclic) bond motifs is 1. The van der Waals surface area contributed by atoms with Crippen LogP contribution in [0.1, 0.15) is 19.3 Å². The molecule has 0 spiro atoms. The Morgan fingerprint density at radius 3 is 2.84 bits per heavy atom. The predicted octanol–water partition coefficient (Wildman–Crippen LogP) is -0.149. The number of nitrogen functional groups attached to an aromatic ring is 1. The molecule has 0 saturated carbocycles. The van der Waals surface area contributed by atoms with E-state index in [0.29, 0.717) is 19.1 Å². The van der Waals surface area contributed by atoms with Crippen LogP contribution >= 0.6 is 0 Å². The molecule has 1 atom stereocenters. The predicted molar refractivity (Wildman–Crippen MR) is 71.0 cm³/mol. The first-order valence-corrected chi connectivity index (χ1v) is 8.06. The summed E-state index contributed by atoms with van der Waals surface area (Å²) in [6, 6.07) is 0.352. The maximum absolute atomic E-state index is 12.6. The Morgan fingerprint density at radius 1 is 1.32 bits per heavy atom. The van der Waals surface area contributed by atoms with Crippen LogP contribution in [0.25, 0.3) is 0 Å². The lowest BCUT2D eigenvalue weighted by molar-refractivity contribution is 0.257. The Bertz CT molecular complexity index is 555. The van der Waals surface area contributed by atoms with Crippen LogP contribution in [0.3, 0.4) is 0 Å². The van der Waals surface area contributed by atoms with Gasteiger partial charge < -0.3 is 5.73 Å². The molecule has 3 N–H and O–H groups in total. The van der Waals surface area contributed by atoms with E-state index in [-0.39, 0.29) is 10.7 Å². The number of hydrogen-bond acceptors (Lipinski definition) is 5. The van der Waals surface area contributed by atoms with Gasteiger partial charge in [-0.2, -0.15) is 9.40 Å². The third-order valence-electron chi connectivity index (χ3n) is 4.02. The average molecular weight is 285 g/mol. The molecule has 7 nitrogen and oxygen atoms in total. The van der Waals surface area contributed by atoms with Gasteiger partial charge in [0, 0.05) is 19.1 Å². The average Bonchev–Trinajstić information content (AvgIpc) is 2.94. The fraction of sp³-hybridized carbons (Fsp3) is 0.727. The second-order valence-electron chi connectivity index (χ2n) is 5.20. The lowest BCUT2D eigenvalue weighted by Gasteiger charge is -2.24. The van der Waals surface area contributed by atoms with E-state index in [1.807, 2.05) is 0 Å². The van der Waals surface area contributed by atoms with Crippen molar-refractivity contribution in [1.82, 2.24) is 19.4 Å². The number of nitrogens with two attached hydrogens (primary N) is 1. The molecule has 3 heterocycles. The highest BCUT2D eigenvalue weighted by atomic mass is 32.2. The van der Waals surface area contributed by atoms with Crippen LogP contribution in [-0.2, 0) is 10.0 Å². The lowest BCUT2D eigenvalue weighted by atomic mass is 10.2. The highest BCUT2D eigenvalue weighted by Crippen LogP contribution is 2.26. The smallest absolute Gasteiger partial charge is 0.248 e. The zero-order valence-corrected chi connectivity index (χ0v) is 11.6. The summed E-state index contributed by atoms with van der Waals surface area (Å²) < 4.78 is 26.7. The van der Waals surface area contributed by atoms with E-state index in [2.05, 4.69) is 15.1 Å². The standard InChI is InChI=1S/C11H19N5O2S/c12-11-10(7-13-14-11)19(17,18)16-6-2-5-15-4-1-3-9(15)8-16/h7,9H,1-6,8H2,(H3,12,13,14). The molecule has 2 fully saturated rings. The van der Waals surface area contributed by atoms with Crippen molar-refractivity contribution in [2.24, 2.45) is 0 Å². The molecule has 0 aliphatic carbocycles. The first-order chi connectivity index (χ1) is 9.09. The number of H-pyrrole nitrogens is 1. The molecule has 1 aromatic rings. The highest BCUT2D eigenvalue weighted by Gasteiger charge is 2.35. The minimum absolute atomic E-state index is 0.0962. The number of hydrogen-bond donors (Lipinski definition) is 2. The van der Waals surface area contributed by atoms with Crippen molar-refractivity contribution < 1.29 is 8.42 Å². The summed E-state index contributed by atoms with van der Waals surface area (Å²) in [5.41, 5.74) is 5.64. The van der Waals surface area contributed by atoms with Crippen LogP contribution in [0.15, 0.2) is 11.1 Å². The van der Waals surface area contributed by atoms with Crippen LogP contribution in [0.5, 0.6) is 0 Å². The first-order valence-electron chi connectivity index (χ1n) is 6.62. The van der Waals surface area contributed by atoms with E-state index in [1.165, 1.54) is 6.20 Å². The molecule has 0 amide bonds. The van der Waals surface area contributed by atoms with Gasteiger partial charge in [-0.15, -0.1) is 0 Å². The van der Waals surface area contributed by atoms with Crippen molar-refractivity contribution in [3.8, 4) is 0 Å². The van der Waals surface area contributed by atoms with Gasteiger partial charge in [-0.3, -0.25) is 10.00 Å². The Kier molecular flexibility index (Phi) is 3.23. The van der Waals surface area contributed by atoms with E-state index < -0.39 is 10.0 Å². The maximum atomic E-state index is 12.6. The zero-order valence-electron chi connectivity index (χ0n) is 10.7. The van der Waals surface area contributed by atoms with Gasteiger partial charge in [0.15, 0.2) is 0 Å². The SMILES string of the molecule is Nc1[nH]ncc1S(=O)(=O)N1CCCN2CCCC2C1. The number of nitrogens with zero attached hydrogens (tertiary/aromatic N) is 3. The number of aromatic amines is 1. The molecular weight excluding hydrogens is 266 g/mol. The summed E-state index contributed by atoms with van der Waals surface area (Å²) in [7, 11) is -3.52. The maximum Gasteiger partial charge on any atom is 0.248 e. The Labute approximate surface area is 112 Å². The number of rotatable bonds is 2. The topological polar surface area (TPSA) is 95.3 Å². The fourth-order valence-corrected chi connectivity index (χ4v) is 4.55. The van der Waals surface area contributed by atoms with Gasteiger partial charge in [-0.05, 0) is 32.4 Å². The van der Waals surface area contributed by atoms with Crippen LogP contribution in [0.4, 0.5) is 5.82 Å². The van der Waals surface area contributed by atoms with Gasteiger partial charge in [-0.1, -0.05) is 0 Å². The van der Waals surface area contributed by atoms with E-state index in [0.717, 1.165) is 32.4 Å². The largest absolute Gasteiger partial charge is 0.383 e. The van der Waals surface area contributed by atoms with Crippen molar-refractivity contribution >= 4 is 15.8 Å². The fourth-order valence-electron chi connectivity index (χ4n) is 3.02. The summed E-state index contributed by atoms with van der Waals surface area (Å²) in [4.78, 5) is 2.49. The molecular formula is C11H19N5O2S. The summed E-state index contributed by atoms with van der Waals surface area (Å²) >= 11 is 0. The molecule has 8 heteroatoms. The zero-order chi connectivity index (χ0) is 13.5. The van der Waals surface area contributed by atoms with Crippen LogP contribution < -0.4 is 5.73 Å². The summed E-state index contributed by atoms with van der Waals surface area (Å²) in [5, 5.41) is 6.19. The van der Waals surface area contributed by atoms with E-state index in [9.17, 15) is 8.42 Å². The second kappa shape index (κ2) is 4.77. The highest BCUT2D eigenvalue weighted by molar-refractivity contribution is 7.89. The van der Waals surface area contributed by atoms with Gasteiger partial charge in [0.1, 0.15) is 10.7 Å². The van der Waals surface area contributed by atoms with Crippen molar-refractivity contribution in [3.63, 3.8) is 0 Å². The minimum Gasteiger partial charge on any atom is -0.383 e. The van der Waals surface area contributed by atoms with Crippen LogP contribution in [0.2, 0.25) is 0 Å². The lowest BCUT2D eigenvalue weighted by Crippen LogP contribution is -2.39.